The van der Waals surface area contributed by atoms with E-state index in [1.165, 1.54) is 12.8 Å². The third-order valence-electron chi connectivity index (χ3n) is 4.19. The molecule has 0 unspecified atom stereocenters. The van der Waals surface area contributed by atoms with Gasteiger partial charge in [0.05, 0.1) is 12.7 Å². The van der Waals surface area contributed by atoms with Crippen molar-refractivity contribution in [3.05, 3.63) is 65.5 Å². The monoisotopic (exact) mass is 314 g/mol. The Morgan fingerprint density at radius 1 is 1.04 bits per heavy atom. The number of hydrogen-bond donors (Lipinski definition) is 2. The van der Waals surface area contributed by atoms with E-state index in [2.05, 4.69) is 10.9 Å². The predicted molar refractivity (Wildman–Crippen MR) is 90.3 cm³/mol. The number of anilines is 1. The molecule has 1 fully saturated rings. The van der Waals surface area contributed by atoms with Crippen LogP contribution in [0.15, 0.2) is 48.5 Å². The van der Waals surface area contributed by atoms with Crippen molar-refractivity contribution in [3.8, 4) is 0 Å². The van der Waals surface area contributed by atoms with E-state index in [4.69, 9.17) is 4.74 Å². The van der Waals surface area contributed by atoms with Crippen LogP contribution in [0.5, 0.6) is 0 Å². The summed E-state index contributed by atoms with van der Waals surface area (Å²) in [6.07, 6.45) is 4.98. The number of rotatable bonds is 7. The van der Waals surface area contributed by atoms with Gasteiger partial charge in [0.25, 0.3) is 0 Å². The summed E-state index contributed by atoms with van der Waals surface area (Å²) in [5, 5.41) is 0. The first kappa shape index (κ1) is 16.0. The lowest BCUT2D eigenvalue weighted by atomic mass is 10.1. The van der Waals surface area contributed by atoms with Crippen molar-refractivity contribution in [1.82, 2.24) is 5.43 Å². The van der Waals surface area contributed by atoms with Gasteiger partial charge in [0, 0.05) is 17.8 Å². The van der Waals surface area contributed by atoms with Crippen molar-refractivity contribution in [2.24, 2.45) is 0 Å². The van der Waals surface area contributed by atoms with E-state index in [9.17, 15) is 4.39 Å². The van der Waals surface area contributed by atoms with Crippen LogP contribution in [0.3, 0.4) is 0 Å². The van der Waals surface area contributed by atoms with Crippen molar-refractivity contribution < 1.29 is 9.13 Å². The minimum Gasteiger partial charge on any atom is -0.373 e. The second kappa shape index (κ2) is 8.09. The SMILES string of the molecule is Fc1cc(CNNc2ccccc2)ccc1COC1CCCC1. The van der Waals surface area contributed by atoms with Gasteiger partial charge in [-0.25, -0.2) is 9.82 Å². The minimum absolute atomic E-state index is 0.193. The van der Waals surface area contributed by atoms with Crippen LogP contribution in [0.2, 0.25) is 0 Å². The number of hydrogen-bond acceptors (Lipinski definition) is 3. The highest BCUT2D eigenvalue weighted by Gasteiger charge is 2.16. The van der Waals surface area contributed by atoms with Gasteiger partial charge in [-0.1, -0.05) is 43.2 Å². The summed E-state index contributed by atoms with van der Waals surface area (Å²) in [6, 6.07) is 15.2. The highest BCUT2D eigenvalue weighted by molar-refractivity contribution is 5.41. The molecule has 0 spiro atoms. The molecule has 0 aliphatic heterocycles. The van der Waals surface area contributed by atoms with Crippen LogP contribution < -0.4 is 10.9 Å². The summed E-state index contributed by atoms with van der Waals surface area (Å²) < 4.78 is 19.9. The Bertz CT molecular complexity index is 612. The maximum Gasteiger partial charge on any atom is 0.129 e. The zero-order chi connectivity index (χ0) is 15.9. The average Bonchev–Trinajstić information content (AvgIpc) is 3.08. The van der Waals surface area contributed by atoms with Crippen LogP contribution in [0.1, 0.15) is 36.8 Å². The van der Waals surface area contributed by atoms with E-state index in [0.29, 0.717) is 24.8 Å². The molecule has 0 saturated heterocycles. The van der Waals surface area contributed by atoms with Crippen LogP contribution in [-0.2, 0) is 17.9 Å². The summed E-state index contributed by atoms with van der Waals surface area (Å²) in [7, 11) is 0. The van der Waals surface area contributed by atoms with Crippen molar-refractivity contribution in [1.29, 1.82) is 0 Å². The Kier molecular flexibility index (Phi) is 5.61. The Balaban J connectivity index is 1.48. The molecule has 3 rings (SSSR count). The van der Waals surface area contributed by atoms with Crippen molar-refractivity contribution in [2.45, 2.75) is 44.9 Å². The molecule has 0 atom stereocenters. The molecule has 0 radical (unpaired) electrons. The lowest BCUT2D eigenvalue weighted by Crippen LogP contribution is -2.20. The molecule has 122 valence electrons. The Morgan fingerprint density at radius 2 is 1.83 bits per heavy atom. The first-order valence-electron chi connectivity index (χ1n) is 8.24. The molecule has 2 N–H and O–H groups in total. The van der Waals surface area contributed by atoms with Gasteiger partial charge in [0.15, 0.2) is 0 Å². The van der Waals surface area contributed by atoms with Gasteiger partial charge >= 0.3 is 0 Å². The number of ether oxygens (including phenoxy) is 1. The standard InChI is InChI=1S/C19H23FN2O/c20-19-12-15(13-21-22-17-6-2-1-3-7-17)10-11-16(19)14-23-18-8-4-5-9-18/h1-3,6-7,10-12,18,21-22H,4-5,8-9,13-14H2. The third kappa shape index (κ3) is 4.78. The molecule has 0 amide bonds. The lowest BCUT2D eigenvalue weighted by Gasteiger charge is -2.13. The summed E-state index contributed by atoms with van der Waals surface area (Å²) in [4.78, 5) is 0. The van der Waals surface area contributed by atoms with Gasteiger partial charge < -0.3 is 10.2 Å². The lowest BCUT2D eigenvalue weighted by molar-refractivity contribution is 0.0441. The van der Waals surface area contributed by atoms with E-state index >= 15 is 0 Å². The molecule has 0 aromatic heterocycles. The quantitative estimate of drug-likeness (QED) is 0.743. The van der Waals surface area contributed by atoms with Crippen molar-refractivity contribution >= 4 is 5.69 Å². The van der Waals surface area contributed by atoms with Crippen LogP contribution in [0.25, 0.3) is 0 Å². The van der Waals surface area contributed by atoms with Gasteiger partial charge in [0.1, 0.15) is 5.82 Å². The van der Waals surface area contributed by atoms with E-state index in [1.807, 2.05) is 42.5 Å². The van der Waals surface area contributed by atoms with Crippen LogP contribution in [0.4, 0.5) is 10.1 Å². The van der Waals surface area contributed by atoms with Crippen LogP contribution >= 0.6 is 0 Å². The highest BCUT2D eigenvalue weighted by Crippen LogP contribution is 2.22. The maximum absolute atomic E-state index is 14.1. The number of nitrogens with one attached hydrogen (secondary N) is 2. The Hall–Kier alpha value is -1.91. The number of hydrazine groups is 1. The molecule has 1 aliphatic rings. The topological polar surface area (TPSA) is 33.3 Å². The molecule has 0 bridgehead atoms. The molecule has 2 aromatic carbocycles. The summed E-state index contributed by atoms with van der Waals surface area (Å²) in [6.45, 7) is 0.919. The fourth-order valence-corrected chi connectivity index (χ4v) is 2.85. The molecule has 23 heavy (non-hydrogen) atoms. The van der Waals surface area contributed by atoms with Crippen LogP contribution in [-0.4, -0.2) is 6.10 Å². The summed E-state index contributed by atoms with van der Waals surface area (Å²) in [5.41, 5.74) is 8.70. The highest BCUT2D eigenvalue weighted by atomic mass is 19.1. The smallest absolute Gasteiger partial charge is 0.129 e. The minimum atomic E-state index is -0.193. The molecule has 0 heterocycles. The van der Waals surface area contributed by atoms with Crippen molar-refractivity contribution in [3.63, 3.8) is 0 Å². The molecular formula is C19H23FN2O. The van der Waals surface area contributed by atoms with E-state index in [1.54, 1.807) is 6.07 Å². The number of halogens is 1. The number of benzene rings is 2. The first-order chi connectivity index (χ1) is 11.3. The Labute approximate surface area is 136 Å². The van der Waals surface area contributed by atoms with Gasteiger partial charge in [-0.2, -0.15) is 0 Å². The second-order valence-corrected chi connectivity index (χ2v) is 5.99. The van der Waals surface area contributed by atoms with Crippen LogP contribution in [0, 0.1) is 5.82 Å². The van der Waals surface area contributed by atoms with Gasteiger partial charge in [0.2, 0.25) is 0 Å². The maximum atomic E-state index is 14.1. The van der Waals surface area contributed by atoms with Crippen molar-refractivity contribution in [2.75, 3.05) is 5.43 Å². The molecule has 2 aromatic rings. The second-order valence-electron chi connectivity index (χ2n) is 5.99. The molecule has 1 aliphatic carbocycles. The molecule has 4 heteroatoms. The van der Waals surface area contributed by atoms with E-state index < -0.39 is 0 Å². The predicted octanol–water partition coefficient (Wildman–Crippen LogP) is 4.40. The first-order valence-corrected chi connectivity index (χ1v) is 8.24. The summed E-state index contributed by atoms with van der Waals surface area (Å²) >= 11 is 0. The third-order valence-corrected chi connectivity index (χ3v) is 4.19. The van der Waals surface area contributed by atoms with E-state index in [0.717, 1.165) is 24.1 Å². The van der Waals surface area contributed by atoms with Gasteiger partial charge in [-0.05, 0) is 36.6 Å². The summed E-state index contributed by atoms with van der Waals surface area (Å²) in [5.74, 6) is -0.193. The fourth-order valence-electron chi connectivity index (χ4n) is 2.85. The molecule has 3 nitrogen and oxygen atoms in total. The Morgan fingerprint density at radius 3 is 2.57 bits per heavy atom. The average molecular weight is 314 g/mol. The zero-order valence-electron chi connectivity index (χ0n) is 13.2. The fraction of sp³-hybridized carbons (Fsp3) is 0.368. The van der Waals surface area contributed by atoms with E-state index in [-0.39, 0.29) is 5.82 Å². The largest absolute Gasteiger partial charge is 0.373 e. The zero-order valence-corrected chi connectivity index (χ0v) is 13.2. The van der Waals surface area contributed by atoms with Gasteiger partial charge in [-0.15, -0.1) is 0 Å². The number of para-hydroxylation sites is 1. The normalized spacial score (nSPS) is 15.0. The molecular weight excluding hydrogens is 291 g/mol. The molecule has 1 saturated carbocycles. The van der Waals surface area contributed by atoms with Gasteiger partial charge in [-0.3, -0.25) is 0 Å².